The summed E-state index contributed by atoms with van der Waals surface area (Å²) in [6.45, 7) is 2.87. The fourth-order valence-electron chi connectivity index (χ4n) is 5.75. The molecule has 1 unspecified atom stereocenters. The maximum absolute atomic E-state index is 14.0. The van der Waals surface area contributed by atoms with Crippen LogP contribution >= 0.6 is 0 Å². The van der Waals surface area contributed by atoms with E-state index in [1.807, 2.05) is 49.4 Å². The number of hydrogen-bond acceptors (Lipinski definition) is 7. The lowest BCUT2D eigenvalue weighted by atomic mass is 9.86. The molecule has 0 aromatic heterocycles. The summed E-state index contributed by atoms with van der Waals surface area (Å²) >= 11 is 0. The van der Waals surface area contributed by atoms with Crippen LogP contribution in [0, 0.1) is 6.92 Å². The van der Waals surface area contributed by atoms with E-state index in [1.165, 1.54) is 12.0 Å². The van der Waals surface area contributed by atoms with Crippen molar-refractivity contribution in [1.82, 2.24) is 9.80 Å². The molecule has 0 bridgehead atoms. The number of nitrogens with zero attached hydrogens (tertiary/aromatic N) is 2. The molecule has 2 fully saturated rings. The Balaban J connectivity index is 1.57. The molecule has 0 spiro atoms. The van der Waals surface area contributed by atoms with Gasteiger partial charge < -0.3 is 23.8 Å². The zero-order chi connectivity index (χ0) is 27.3. The molecule has 2 aromatic carbocycles. The van der Waals surface area contributed by atoms with Gasteiger partial charge in [-0.2, -0.15) is 0 Å². The Morgan fingerprint density at radius 3 is 2.42 bits per heavy atom. The summed E-state index contributed by atoms with van der Waals surface area (Å²) in [4.78, 5) is 43.4. The van der Waals surface area contributed by atoms with E-state index in [9.17, 15) is 14.4 Å². The molecular formula is C29H36N2O7. The number of esters is 1. The van der Waals surface area contributed by atoms with Crippen LogP contribution in [0.25, 0.3) is 0 Å². The number of benzene rings is 2. The standard InChI is InChI=1S/C29H36N2O7/c1-20-16-22(17-24(35-2)25(20)36-3)18-29(27(33)37-4)13-9-15-31(29)26(32)23-12-8-14-30(23)28(34)38-19-21-10-6-5-7-11-21/h5-7,10-11,16-17,23H,8-9,12-15,18-19H2,1-4H3/t23-,29?/m0/s1. The molecule has 9 heteroatoms. The SMILES string of the molecule is COC(=O)C1(Cc2cc(C)c(OC)c(OC)c2)CCCN1C(=O)[C@@H]1CCCN1C(=O)OCc1ccccc1. The summed E-state index contributed by atoms with van der Waals surface area (Å²) in [6.07, 6.45) is 2.05. The first-order chi connectivity index (χ1) is 18.3. The molecule has 9 nitrogen and oxygen atoms in total. The van der Waals surface area contributed by atoms with E-state index in [0.29, 0.717) is 50.3 Å². The lowest BCUT2D eigenvalue weighted by molar-refractivity contribution is -0.160. The van der Waals surface area contributed by atoms with Crippen molar-refractivity contribution in [2.75, 3.05) is 34.4 Å². The number of carbonyl (C=O) groups excluding carboxylic acids is 3. The topological polar surface area (TPSA) is 94.6 Å². The third kappa shape index (κ3) is 5.28. The summed E-state index contributed by atoms with van der Waals surface area (Å²) in [7, 11) is 4.48. The molecular weight excluding hydrogens is 488 g/mol. The highest BCUT2D eigenvalue weighted by Gasteiger charge is 2.53. The fourth-order valence-corrected chi connectivity index (χ4v) is 5.75. The number of likely N-dealkylation sites (tertiary alicyclic amines) is 2. The predicted octanol–water partition coefficient (Wildman–Crippen LogP) is 3.89. The van der Waals surface area contributed by atoms with Gasteiger partial charge in [0.15, 0.2) is 11.5 Å². The fraction of sp³-hybridized carbons (Fsp3) is 0.483. The Bertz CT molecular complexity index is 1170. The van der Waals surface area contributed by atoms with Crippen LogP contribution in [0.15, 0.2) is 42.5 Å². The van der Waals surface area contributed by atoms with Gasteiger partial charge >= 0.3 is 12.1 Å². The largest absolute Gasteiger partial charge is 0.493 e. The molecule has 2 saturated heterocycles. The first-order valence-corrected chi connectivity index (χ1v) is 12.9. The minimum Gasteiger partial charge on any atom is -0.493 e. The molecule has 0 radical (unpaired) electrons. The number of aryl methyl sites for hydroxylation is 1. The number of rotatable bonds is 8. The van der Waals surface area contributed by atoms with Gasteiger partial charge in [0.2, 0.25) is 5.91 Å². The maximum atomic E-state index is 14.0. The Hall–Kier alpha value is -3.75. The van der Waals surface area contributed by atoms with E-state index in [0.717, 1.165) is 16.7 Å². The molecule has 2 aliphatic heterocycles. The van der Waals surface area contributed by atoms with Crippen LogP contribution in [-0.4, -0.2) is 73.8 Å². The second-order valence-electron chi connectivity index (χ2n) is 9.83. The van der Waals surface area contributed by atoms with Gasteiger partial charge in [-0.25, -0.2) is 9.59 Å². The van der Waals surface area contributed by atoms with E-state index < -0.39 is 23.6 Å². The molecule has 0 saturated carbocycles. The summed E-state index contributed by atoms with van der Waals surface area (Å²) < 4.78 is 21.8. The number of carbonyl (C=O) groups is 3. The van der Waals surface area contributed by atoms with Crippen molar-refractivity contribution in [2.24, 2.45) is 0 Å². The molecule has 4 rings (SSSR count). The van der Waals surface area contributed by atoms with Crippen LogP contribution in [0.2, 0.25) is 0 Å². The van der Waals surface area contributed by atoms with Gasteiger partial charge in [0.25, 0.3) is 0 Å². The van der Waals surface area contributed by atoms with Crippen molar-refractivity contribution >= 4 is 18.0 Å². The summed E-state index contributed by atoms with van der Waals surface area (Å²) in [6, 6.07) is 12.5. The Morgan fingerprint density at radius 2 is 1.74 bits per heavy atom. The van der Waals surface area contributed by atoms with Gasteiger partial charge in [-0.1, -0.05) is 36.4 Å². The second-order valence-corrected chi connectivity index (χ2v) is 9.83. The highest BCUT2D eigenvalue weighted by molar-refractivity contribution is 5.93. The molecule has 2 atom stereocenters. The minimum atomic E-state index is -1.18. The molecule has 0 N–H and O–H groups in total. The van der Waals surface area contributed by atoms with Crippen LogP contribution in [0.5, 0.6) is 11.5 Å². The Morgan fingerprint density at radius 1 is 0.974 bits per heavy atom. The second kappa shape index (κ2) is 11.8. The van der Waals surface area contributed by atoms with Crippen molar-refractivity contribution < 1.29 is 33.3 Å². The van der Waals surface area contributed by atoms with E-state index in [2.05, 4.69) is 0 Å². The Kier molecular flexibility index (Phi) is 8.44. The first kappa shape index (κ1) is 27.3. The molecule has 38 heavy (non-hydrogen) atoms. The van der Waals surface area contributed by atoms with Crippen molar-refractivity contribution in [3.63, 3.8) is 0 Å². The maximum Gasteiger partial charge on any atom is 0.410 e. The van der Waals surface area contributed by atoms with Gasteiger partial charge in [0.05, 0.1) is 21.3 Å². The molecule has 2 heterocycles. The molecule has 2 amide bonds. The highest BCUT2D eigenvalue weighted by atomic mass is 16.6. The van der Waals surface area contributed by atoms with Crippen LogP contribution in [-0.2, 0) is 32.1 Å². The molecule has 2 aliphatic rings. The predicted molar refractivity (Wildman–Crippen MR) is 140 cm³/mol. The first-order valence-electron chi connectivity index (χ1n) is 12.9. The van der Waals surface area contributed by atoms with Gasteiger partial charge in [-0.05, 0) is 55.4 Å². The molecule has 204 valence electrons. The third-order valence-electron chi connectivity index (χ3n) is 7.52. The van der Waals surface area contributed by atoms with Crippen LogP contribution in [0.3, 0.4) is 0 Å². The van der Waals surface area contributed by atoms with E-state index in [-0.39, 0.29) is 18.9 Å². The van der Waals surface area contributed by atoms with E-state index >= 15 is 0 Å². The van der Waals surface area contributed by atoms with E-state index in [1.54, 1.807) is 19.1 Å². The van der Waals surface area contributed by atoms with Crippen molar-refractivity contribution in [3.8, 4) is 11.5 Å². The number of methoxy groups -OCH3 is 3. The minimum absolute atomic E-state index is 0.131. The molecule has 2 aromatic rings. The van der Waals surface area contributed by atoms with Gasteiger partial charge in [0, 0.05) is 19.5 Å². The quantitative estimate of drug-likeness (QED) is 0.484. The van der Waals surface area contributed by atoms with Crippen LogP contribution < -0.4 is 9.47 Å². The Labute approximate surface area is 223 Å². The summed E-state index contributed by atoms with van der Waals surface area (Å²) in [5, 5.41) is 0. The summed E-state index contributed by atoms with van der Waals surface area (Å²) in [5.74, 6) is 0.464. The average Bonchev–Trinajstić information content (AvgIpc) is 3.59. The van der Waals surface area contributed by atoms with Crippen LogP contribution in [0.1, 0.15) is 42.4 Å². The van der Waals surface area contributed by atoms with Crippen molar-refractivity contribution in [1.29, 1.82) is 0 Å². The van der Waals surface area contributed by atoms with Crippen molar-refractivity contribution in [3.05, 3.63) is 59.2 Å². The zero-order valence-electron chi connectivity index (χ0n) is 22.5. The van der Waals surface area contributed by atoms with Gasteiger partial charge in [0.1, 0.15) is 18.2 Å². The highest BCUT2D eigenvalue weighted by Crippen LogP contribution is 2.39. The summed E-state index contributed by atoms with van der Waals surface area (Å²) in [5.41, 5.74) is 1.38. The lowest BCUT2D eigenvalue weighted by Gasteiger charge is -2.38. The normalized spacial score (nSPS) is 20.8. The van der Waals surface area contributed by atoms with Crippen LogP contribution in [0.4, 0.5) is 4.79 Å². The van der Waals surface area contributed by atoms with Gasteiger partial charge in [-0.3, -0.25) is 9.69 Å². The number of hydrogen-bond donors (Lipinski definition) is 0. The smallest absolute Gasteiger partial charge is 0.410 e. The zero-order valence-corrected chi connectivity index (χ0v) is 22.5. The number of amides is 2. The van der Waals surface area contributed by atoms with E-state index in [4.69, 9.17) is 18.9 Å². The lowest BCUT2D eigenvalue weighted by Crippen LogP contribution is -2.59. The average molecular weight is 525 g/mol. The van der Waals surface area contributed by atoms with Crippen molar-refractivity contribution in [2.45, 2.75) is 57.2 Å². The van der Waals surface area contributed by atoms with Gasteiger partial charge in [-0.15, -0.1) is 0 Å². The third-order valence-corrected chi connectivity index (χ3v) is 7.52. The molecule has 0 aliphatic carbocycles. The number of ether oxygens (including phenoxy) is 4. The monoisotopic (exact) mass is 524 g/mol.